The molecule has 0 heterocycles. The summed E-state index contributed by atoms with van der Waals surface area (Å²) in [5.41, 5.74) is -5.73. The number of carbonyl (C=O) groups is 3. The van der Waals surface area contributed by atoms with Crippen molar-refractivity contribution in [2.45, 2.75) is 25.0 Å². The Morgan fingerprint density at radius 2 is 1.65 bits per heavy atom. The number of carboxylic acid groups (broad SMARTS) is 1. The monoisotopic (exact) mass is 254 g/mol. The molecule has 0 saturated heterocycles. The zero-order valence-corrected chi connectivity index (χ0v) is 11.7. The van der Waals surface area contributed by atoms with Gasteiger partial charge in [-0.1, -0.05) is 6.58 Å². The van der Waals surface area contributed by atoms with Crippen molar-refractivity contribution in [3.8, 4) is 0 Å². The number of aliphatic carboxylic acids is 1. The molecule has 8 heteroatoms. The van der Waals surface area contributed by atoms with E-state index in [4.69, 9.17) is 0 Å². The number of esters is 2. The first kappa shape index (κ1) is 18.6. The molecule has 0 aliphatic carbocycles. The van der Waals surface area contributed by atoms with Crippen LogP contribution in [0.2, 0.25) is 0 Å². The van der Waals surface area contributed by atoms with Gasteiger partial charge in [0, 0.05) is 6.08 Å². The van der Waals surface area contributed by atoms with E-state index in [1.807, 2.05) is 0 Å². The predicted octanol–water partition coefficient (Wildman–Crippen LogP) is -5.50. The molecule has 7 nitrogen and oxygen atoms in total. The first-order valence-electron chi connectivity index (χ1n) is 4.12. The van der Waals surface area contributed by atoms with Crippen LogP contribution >= 0.6 is 0 Å². The van der Waals surface area contributed by atoms with Gasteiger partial charge in [-0.15, -0.1) is 0 Å². The molecule has 0 rings (SSSR count). The van der Waals surface area contributed by atoms with Crippen LogP contribution in [0, 0.1) is 0 Å². The number of hydrogen-bond acceptors (Lipinski definition) is 7. The number of aliphatic hydroxyl groups is 2. The molecule has 90 valence electrons. The third-order valence-corrected chi connectivity index (χ3v) is 2.10. The SMILES string of the molecule is C=CC(=O)OC(=O)C(C)(O)C(C)(O)C(=O)[O-].[Na+]. The summed E-state index contributed by atoms with van der Waals surface area (Å²) < 4.78 is 4.00. The summed E-state index contributed by atoms with van der Waals surface area (Å²) in [6.45, 7) is 4.32. The average Bonchev–Trinajstić information content (AvgIpc) is 2.16. The smallest absolute Gasteiger partial charge is 0.547 e. The molecular formula is C9H11NaO7. The molecule has 0 aromatic carbocycles. The Kier molecular flexibility index (Phi) is 6.87. The van der Waals surface area contributed by atoms with Crippen LogP contribution in [-0.2, 0) is 19.1 Å². The fourth-order valence-electron chi connectivity index (χ4n) is 0.630. The van der Waals surface area contributed by atoms with Crippen molar-refractivity contribution in [3.63, 3.8) is 0 Å². The van der Waals surface area contributed by atoms with Crippen LogP contribution in [0.15, 0.2) is 12.7 Å². The van der Waals surface area contributed by atoms with E-state index < -0.39 is 29.1 Å². The molecular weight excluding hydrogens is 243 g/mol. The molecule has 0 spiro atoms. The van der Waals surface area contributed by atoms with E-state index in [2.05, 4.69) is 11.3 Å². The van der Waals surface area contributed by atoms with Gasteiger partial charge in [0.05, 0.1) is 5.97 Å². The first-order valence-corrected chi connectivity index (χ1v) is 4.12. The zero-order valence-electron chi connectivity index (χ0n) is 9.72. The van der Waals surface area contributed by atoms with Crippen LogP contribution in [0.4, 0.5) is 0 Å². The molecule has 2 atom stereocenters. The van der Waals surface area contributed by atoms with E-state index in [0.29, 0.717) is 19.9 Å². The number of ether oxygens (including phenoxy) is 1. The van der Waals surface area contributed by atoms with Crippen LogP contribution in [0.5, 0.6) is 0 Å². The Hall–Kier alpha value is -0.730. The Morgan fingerprint density at radius 3 is 1.94 bits per heavy atom. The van der Waals surface area contributed by atoms with Crippen LogP contribution in [0.1, 0.15) is 13.8 Å². The quantitative estimate of drug-likeness (QED) is 0.222. The van der Waals surface area contributed by atoms with Crippen LogP contribution < -0.4 is 34.7 Å². The molecule has 2 unspecified atom stereocenters. The van der Waals surface area contributed by atoms with Crippen molar-refractivity contribution in [2.75, 3.05) is 0 Å². The maximum atomic E-state index is 11.2. The predicted molar refractivity (Wildman–Crippen MR) is 47.6 cm³/mol. The molecule has 0 aliphatic heterocycles. The van der Waals surface area contributed by atoms with Crippen molar-refractivity contribution < 1.29 is 64.0 Å². The van der Waals surface area contributed by atoms with Gasteiger partial charge >= 0.3 is 41.5 Å². The van der Waals surface area contributed by atoms with Crippen molar-refractivity contribution in [1.29, 1.82) is 0 Å². The molecule has 17 heavy (non-hydrogen) atoms. The normalized spacial score (nSPS) is 16.7. The van der Waals surface area contributed by atoms with Gasteiger partial charge in [-0.2, -0.15) is 0 Å². The van der Waals surface area contributed by atoms with Gasteiger partial charge in [0.1, 0.15) is 5.60 Å². The summed E-state index contributed by atoms with van der Waals surface area (Å²) in [6, 6.07) is 0. The van der Waals surface area contributed by atoms with Crippen LogP contribution in [-0.4, -0.2) is 39.3 Å². The van der Waals surface area contributed by atoms with Gasteiger partial charge in [0.15, 0.2) is 5.60 Å². The molecule has 0 aromatic rings. The van der Waals surface area contributed by atoms with Gasteiger partial charge in [0.25, 0.3) is 0 Å². The summed E-state index contributed by atoms with van der Waals surface area (Å²) in [5, 5.41) is 29.3. The van der Waals surface area contributed by atoms with E-state index in [1.54, 1.807) is 0 Å². The standard InChI is InChI=1S/C9H12O7.Na/c1-4-5(10)16-7(13)9(3,15)8(2,14)6(11)12;/h4,14-15H,1H2,2-3H3,(H,11,12);/q;+1/p-1. The summed E-state index contributed by atoms with van der Waals surface area (Å²) in [5.74, 6) is -4.88. The second-order valence-corrected chi connectivity index (χ2v) is 3.34. The second kappa shape index (κ2) is 6.27. The molecule has 0 aromatic heterocycles. The third kappa shape index (κ3) is 3.90. The van der Waals surface area contributed by atoms with Crippen molar-refractivity contribution in [2.24, 2.45) is 0 Å². The molecule has 0 radical (unpaired) electrons. The Bertz CT molecular complexity index is 345. The van der Waals surface area contributed by atoms with Gasteiger partial charge in [-0.3, -0.25) is 0 Å². The summed E-state index contributed by atoms with van der Waals surface area (Å²) in [7, 11) is 0. The minimum Gasteiger partial charge on any atom is -0.547 e. The van der Waals surface area contributed by atoms with Crippen molar-refractivity contribution >= 4 is 17.9 Å². The van der Waals surface area contributed by atoms with Crippen molar-refractivity contribution in [3.05, 3.63) is 12.7 Å². The van der Waals surface area contributed by atoms with Crippen molar-refractivity contribution in [1.82, 2.24) is 0 Å². The fourth-order valence-corrected chi connectivity index (χ4v) is 0.630. The van der Waals surface area contributed by atoms with Gasteiger partial charge in [-0.25, -0.2) is 9.59 Å². The van der Waals surface area contributed by atoms with Gasteiger partial charge in [0.2, 0.25) is 0 Å². The first-order chi connectivity index (χ1) is 7.07. The average molecular weight is 254 g/mol. The molecule has 2 N–H and O–H groups in total. The van der Waals surface area contributed by atoms with E-state index in [-0.39, 0.29) is 29.6 Å². The van der Waals surface area contributed by atoms with E-state index in [9.17, 15) is 29.7 Å². The molecule has 0 saturated carbocycles. The third-order valence-electron chi connectivity index (χ3n) is 2.10. The summed E-state index contributed by atoms with van der Waals surface area (Å²) in [6.07, 6.45) is 0.641. The Morgan fingerprint density at radius 1 is 1.24 bits per heavy atom. The molecule has 0 aliphatic rings. The number of carbonyl (C=O) groups excluding carboxylic acids is 3. The maximum absolute atomic E-state index is 11.2. The van der Waals surface area contributed by atoms with E-state index >= 15 is 0 Å². The maximum Gasteiger partial charge on any atom is 1.00 e. The number of hydrogen-bond donors (Lipinski definition) is 2. The largest absolute Gasteiger partial charge is 1.00 e. The minimum atomic E-state index is -2.90. The molecule has 0 amide bonds. The van der Waals surface area contributed by atoms with Crippen LogP contribution in [0.25, 0.3) is 0 Å². The fraction of sp³-hybridized carbons (Fsp3) is 0.444. The minimum absolute atomic E-state index is 0. The van der Waals surface area contributed by atoms with Crippen LogP contribution in [0.3, 0.4) is 0 Å². The van der Waals surface area contributed by atoms with Gasteiger partial charge < -0.3 is 24.9 Å². The second-order valence-electron chi connectivity index (χ2n) is 3.34. The molecule has 0 fully saturated rings. The molecule has 0 bridgehead atoms. The topological polar surface area (TPSA) is 124 Å². The summed E-state index contributed by atoms with van der Waals surface area (Å²) in [4.78, 5) is 32.3. The van der Waals surface area contributed by atoms with E-state index in [1.165, 1.54) is 0 Å². The Labute approximate surface area is 119 Å². The van der Waals surface area contributed by atoms with Gasteiger partial charge in [-0.05, 0) is 13.8 Å². The van der Waals surface area contributed by atoms with E-state index in [0.717, 1.165) is 0 Å². The number of rotatable bonds is 4. The number of carboxylic acids is 1. The zero-order chi connectivity index (χ0) is 13.1. The Balaban J connectivity index is 0. The summed E-state index contributed by atoms with van der Waals surface area (Å²) >= 11 is 0.